The number of hydrogen-bond donors (Lipinski definition) is 0. The first-order valence-electron chi connectivity index (χ1n) is 12.2. The summed E-state index contributed by atoms with van der Waals surface area (Å²) in [5, 5.41) is 0. The zero-order valence-electron chi connectivity index (χ0n) is 20.2. The van der Waals surface area contributed by atoms with Gasteiger partial charge in [0, 0.05) is 25.0 Å². The number of rotatable bonds is 4. The molecule has 0 aromatic heterocycles. The average Bonchev–Trinajstić information content (AvgIpc) is 3.06. The fourth-order valence-corrected chi connectivity index (χ4v) is 7.02. The van der Waals surface area contributed by atoms with Gasteiger partial charge in [-0.2, -0.15) is 0 Å². The second-order valence-corrected chi connectivity index (χ2v) is 10.7. The monoisotopic (exact) mass is 439 g/mol. The van der Waals surface area contributed by atoms with Crippen LogP contribution in [0.5, 0.6) is 11.5 Å². The van der Waals surface area contributed by atoms with Crippen molar-refractivity contribution in [3.05, 3.63) is 34.4 Å². The maximum absolute atomic E-state index is 13.0. The Morgan fingerprint density at radius 3 is 2.69 bits per heavy atom. The van der Waals surface area contributed by atoms with Gasteiger partial charge in [-0.05, 0) is 81.0 Å². The van der Waals surface area contributed by atoms with E-state index in [0.29, 0.717) is 5.92 Å². The zero-order valence-corrected chi connectivity index (χ0v) is 20.2. The van der Waals surface area contributed by atoms with Crippen LogP contribution in [0.2, 0.25) is 0 Å². The number of carbonyl (C=O) groups excluding carboxylic acids is 1. The van der Waals surface area contributed by atoms with Crippen molar-refractivity contribution < 1.29 is 19.0 Å². The molecule has 1 saturated heterocycles. The van der Waals surface area contributed by atoms with E-state index in [1.54, 1.807) is 25.4 Å². The number of nitrogens with zero attached hydrogens (tertiary/aromatic N) is 1. The third kappa shape index (κ3) is 3.44. The van der Waals surface area contributed by atoms with Gasteiger partial charge in [0.2, 0.25) is 0 Å². The molecule has 2 fully saturated rings. The highest BCUT2D eigenvalue weighted by atomic mass is 16.6. The largest absolute Gasteiger partial charge is 0.493 e. The number of ether oxygens (including phenoxy) is 3. The standard InChI is InChI=1S/C27H37NO4/c1-16-7-6-9-27(3)14-25-20(12-22(16)27)21(26(29)32-25)15-28-10-8-18-11-23(30-4)24(31-5)13-19(18)17(28)2/h11,13,17,20-21,25H,6-10,12,14-15H2,1-5H3/t17-,20+,21-,25+,27+/m0/s1. The minimum absolute atomic E-state index is 0.0193. The van der Waals surface area contributed by atoms with Gasteiger partial charge in [0.25, 0.3) is 0 Å². The van der Waals surface area contributed by atoms with E-state index in [4.69, 9.17) is 14.2 Å². The first-order valence-corrected chi connectivity index (χ1v) is 12.2. The van der Waals surface area contributed by atoms with Crippen LogP contribution in [0.15, 0.2) is 23.3 Å². The Balaban J connectivity index is 1.37. The third-order valence-corrected chi connectivity index (χ3v) is 8.92. The number of carbonyl (C=O) groups is 1. The molecule has 174 valence electrons. The van der Waals surface area contributed by atoms with Crippen LogP contribution < -0.4 is 9.47 Å². The second kappa shape index (κ2) is 8.09. The van der Waals surface area contributed by atoms with Gasteiger partial charge in [0.1, 0.15) is 6.10 Å². The molecule has 1 aromatic rings. The van der Waals surface area contributed by atoms with Crippen molar-refractivity contribution in [2.24, 2.45) is 17.3 Å². The lowest BCUT2D eigenvalue weighted by atomic mass is 9.59. The van der Waals surface area contributed by atoms with Crippen LogP contribution in [-0.4, -0.2) is 44.3 Å². The average molecular weight is 440 g/mol. The summed E-state index contributed by atoms with van der Waals surface area (Å²) in [5.74, 6) is 1.86. The molecule has 5 heteroatoms. The highest BCUT2D eigenvalue weighted by Crippen LogP contribution is 2.55. The maximum Gasteiger partial charge on any atom is 0.310 e. The molecule has 2 aliphatic heterocycles. The van der Waals surface area contributed by atoms with Crippen LogP contribution in [0, 0.1) is 17.3 Å². The molecule has 5 rings (SSSR count). The number of allylic oxidation sites excluding steroid dienone is 2. The molecule has 0 spiro atoms. The predicted octanol–water partition coefficient (Wildman–Crippen LogP) is 5.08. The van der Waals surface area contributed by atoms with E-state index >= 15 is 0 Å². The Labute approximate surface area is 192 Å². The molecule has 4 aliphatic rings. The van der Waals surface area contributed by atoms with Gasteiger partial charge >= 0.3 is 5.97 Å². The number of methoxy groups -OCH3 is 2. The smallest absolute Gasteiger partial charge is 0.310 e. The molecule has 5 nitrogen and oxygen atoms in total. The Bertz CT molecular complexity index is 953. The quantitative estimate of drug-likeness (QED) is 0.484. The van der Waals surface area contributed by atoms with Crippen molar-refractivity contribution in [2.75, 3.05) is 27.3 Å². The number of esters is 1. The molecule has 0 unspecified atom stereocenters. The van der Waals surface area contributed by atoms with Crippen molar-refractivity contribution in [3.8, 4) is 11.5 Å². The molecule has 2 aliphatic carbocycles. The summed E-state index contributed by atoms with van der Waals surface area (Å²) in [6.07, 6.45) is 6.79. The highest BCUT2D eigenvalue weighted by molar-refractivity contribution is 5.76. The van der Waals surface area contributed by atoms with Crippen molar-refractivity contribution in [1.29, 1.82) is 0 Å². The van der Waals surface area contributed by atoms with E-state index in [-0.39, 0.29) is 29.4 Å². The Morgan fingerprint density at radius 1 is 1.19 bits per heavy atom. The zero-order chi connectivity index (χ0) is 22.6. The van der Waals surface area contributed by atoms with E-state index in [1.165, 1.54) is 30.4 Å². The normalized spacial score (nSPS) is 34.5. The number of benzene rings is 1. The van der Waals surface area contributed by atoms with Crippen molar-refractivity contribution in [3.63, 3.8) is 0 Å². The van der Waals surface area contributed by atoms with Gasteiger partial charge in [-0.3, -0.25) is 9.69 Å². The van der Waals surface area contributed by atoms with Gasteiger partial charge in [-0.25, -0.2) is 0 Å². The molecule has 2 heterocycles. The molecule has 1 saturated carbocycles. The van der Waals surface area contributed by atoms with Gasteiger partial charge in [0.05, 0.1) is 20.1 Å². The van der Waals surface area contributed by atoms with Crippen LogP contribution in [-0.2, 0) is 16.0 Å². The number of fused-ring (bicyclic) bond motifs is 3. The topological polar surface area (TPSA) is 48.0 Å². The lowest BCUT2D eigenvalue weighted by Crippen LogP contribution is -2.43. The minimum Gasteiger partial charge on any atom is -0.493 e. The summed E-state index contributed by atoms with van der Waals surface area (Å²) in [6.45, 7) is 8.67. The van der Waals surface area contributed by atoms with Gasteiger partial charge in [-0.15, -0.1) is 0 Å². The number of hydrogen-bond acceptors (Lipinski definition) is 5. The van der Waals surface area contributed by atoms with Gasteiger partial charge in [-0.1, -0.05) is 18.1 Å². The van der Waals surface area contributed by atoms with E-state index in [1.807, 2.05) is 0 Å². The lowest BCUT2D eigenvalue weighted by molar-refractivity contribution is -0.145. The fraction of sp³-hybridized carbons (Fsp3) is 0.667. The molecule has 0 amide bonds. The van der Waals surface area contributed by atoms with E-state index in [9.17, 15) is 4.79 Å². The van der Waals surface area contributed by atoms with Crippen molar-refractivity contribution in [2.45, 2.75) is 71.4 Å². The van der Waals surface area contributed by atoms with E-state index in [2.05, 4.69) is 37.8 Å². The van der Waals surface area contributed by atoms with Gasteiger partial charge < -0.3 is 14.2 Å². The van der Waals surface area contributed by atoms with Crippen LogP contribution in [0.25, 0.3) is 0 Å². The summed E-state index contributed by atoms with van der Waals surface area (Å²) in [5.41, 5.74) is 6.01. The van der Waals surface area contributed by atoms with Crippen molar-refractivity contribution in [1.82, 2.24) is 4.90 Å². The molecule has 32 heavy (non-hydrogen) atoms. The Kier molecular flexibility index (Phi) is 5.51. The maximum atomic E-state index is 13.0. The molecule has 1 aromatic carbocycles. The SMILES string of the molecule is COc1cc2c(cc1OC)[C@H](C)N(C[C@@H]1C(=O)O[C@@H]3C[C@@]4(C)CCCC(C)=C4C[C@H]13)CC2. The van der Waals surface area contributed by atoms with Crippen LogP contribution in [0.4, 0.5) is 0 Å². The lowest BCUT2D eigenvalue weighted by Gasteiger charge is -2.46. The Morgan fingerprint density at radius 2 is 1.94 bits per heavy atom. The second-order valence-electron chi connectivity index (χ2n) is 10.7. The van der Waals surface area contributed by atoms with Crippen LogP contribution in [0.3, 0.4) is 0 Å². The van der Waals surface area contributed by atoms with E-state index in [0.717, 1.165) is 43.9 Å². The molecular formula is C27H37NO4. The summed E-state index contributed by atoms with van der Waals surface area (Å²) in [4.78, 5) is 15.5. The van der Waals surface area contributed by atoms with Crippen LogP contribution >= 0.6 is 0 Å². The van der Waals surface area contributed by atoms with Gasteiger partial charge in [0.15, 0.2) is 11.5 Å². The summed E-state index contributed by atoms with van der Waals surface area (Å²) < 4.78 is 17.1. The highest BCUT2D eigenvalue weighted by Gasteiger charge is 2.53. The van der Waals surface area contributed by atoms with Crippen LogP contribution in [0.1, 0.15) is 70.0 Å². The molecular weight excluding hydrogens is 402 g/mol. The third-order valence-electron chi connectivity index (χ3n) is 8.92. The van der Waals surface area contributed by atoms with E-state index < -0.39 is 0 Å². The molecule has 0 bridgehead atoms. The summed E-state index contributed by atoms with van der Waals surface area (Å²) in [6, 6.07) is 4.46. The summed E-state index contributed by atoms with van der Waals surface area (Å²) >= 11 is 0. The predicted molar refractivity (Wildman–Crippen MR) is 124 cm³/mol. The fourth-order valence-electron chi connectivity index (χ4n) is 7.02. The molecule has 0 N–H and O–H groups in total. The minimum atomic E-state index is -0.0316. The first-order chi connectivity index (χ1) is 15.3. The summed E-state index contributed by atoms with van der Waals surface area (Å²) in [7, 11) is 3.37. The first kappa shape index (κ1) is 21.8. The molecule has 0 radical (unpaired) electrons. The van der Waals surface area contributed by atoms with Crippen molar-refractivity contribution >= 4 is 5.97 Å². The molecule has 5 atom stereocenters. The Hall–Kier alpha value is -2.01.